The number of anilines is 1. The molecular formula is C12H20N4O3. The Morgan fingerprint density at radius 3 is 2.53 bits per heavy atom. The van der Waals surface area contributed by atoms with Gasteiger partial charge in [-0.15, -0.1) is 0 Å². The first-order valence-corrected chi connectivity index (χ1v) is 6.20. The maximum Gasteiger partial charge on any atom is 0.341 e. The number of carbonyl (C=O) groups excluding carboxylic acids is 1. The summed E-state index contributed by atoms with van der Waals surface area (Å²) in [5.41, 5.74) is 0.591. The lowest BCUT2D eigenvalue weighted by Gasteiger charge is -2.22. The van der Waals surface area contributed by atoms with Crippen molar-refractivity contribution in [3.63, 3.8) is 0 Å². The zero-order chi connectivity index (χ0) is 14.6. The number of aromatic carboxylic acids is 1. The molecule has 1 rings (SSSR count). The van der Waals surface area contributed by atoms with Gasteiger partial charge in [0.05, 0.1) is 12.2 Å². The molecule has 0 aliphatic rings. The van der Waals surface area contributed by atoms with Gasteiger partial charge < -0.3 is 15.3 Å². The predicted octanol–water partition coefficient (Wildman–Crippen LogP) is 0.389. The molecule has 19 heavy (non-hydrogen) atoms. The number of hydrogen-bond acceptors (Lipinski definition) is 4. The number of aryl methyl sites for hydroxylation is 2. The van der Waals surface area contributed by atoms with Gasteiger partial charge in [0.1, 0.15) is 11.4 Å². The number of hydrogen-bond donors (Lipinski definition) is 2. The van der Waals surface area contributed by atoms with Crippen LogP contribution in [0.15, 0.2) is 0 Å². The van der Waals surface area contributed by atoms with Crippen molar-refractivity contribution in [1.29, 1.82) is 0 Å². The van der Waals surface area contributed by atoms with Crippen LogP contribution in [0, 0.1) is 6.92 Å². The first-order valence-electron chi connectivity index (χ1n) is 6.20. The topological polar surface area (TPSA) is 87.5 Å². The third-order valence-electron chi connectivity index (χ3n) is 2.80. The Morgan fingerprint density at radius 2 is 2.05 bits per heavy atom. The highest BCUT2D eigenvalue weighted by Gasteiger charge is 2.24. The number of rotatable bonds is 6. The van der Waals surface area contributed by atoms with Gasteiger partial charge in [-0.1, -0.05) is 0 Å². The van der Waals surface area contributed by atoms with Crippen LogP contribution in [0.3, 0.4) is 0 Å². The summed E-state index contributed by atoms with van der Waals surface area (Å²) in [7, 11) is 1.68. The molecule has 0 radical (unpaired) electrons. The van der Waals surface area contributed by atoms with Crippen LogP contribution in [0.4, 0.5) is 5.82 Å². The number of nitrogens with one attached hydrogen (secondary N) is 1. The summed E-state index contributed by atoms with van der Waals surface area (Å²) in [6.07, 6.45) is 0. The molecule has 0 saturated heterocycles. The zero-order valence-electron chi connectivity index (χ0n) is 11.7. The summed E-state index contributed by atoms with van der Waals surface area (Å²) >= 11 is 0. The summed E-state index contributed by atoms with van der Waals surface area (Å²) in [5.74, 6) is -0.715. The molecule has 0 atom stereocenters. The van der Waals surface area contributed by atoms with Crippen LogP contribution in [0.2, 0.25) is 0 Å². The normalized spacial score (nSPS) is 10.3. The van der Waals surface area contributed by atoms with Crippen LogP contribution in [0.1, 0.15) is 29.9 Å². The highest BCUT2D eigenvalue weighted by atomic mass is 16.4. The van der Waals surface area contributed by atoms with E-state index < -0.39 is 5.97 Å². The lowest BCUT2D eigenvalue weighted by molar-refractivity contribution is -0.119. The van der Waals surface area contributed by atoms with E-state index in [4.69, 9.17) is 0 Å². The summed E-state index contributed by atoms with van der Waals surface area (Å²) in [5, 5.41) is 16.1. The minimum absolute atomic E-state index is 0.115. The van der Waals surface area contributed by atoms with E-state index >= 15 is 0 Å². The standard InChI is InChI=1S/C12H20N4O3/c1-5-13-9(17)7-16(6-2)11-10(12(18)19)8(3)14-15(11)4/h5-7H2,1-4H3,(H,13,17)(H,18,19). The molecule has 0 aromatic carbocycles. The van der Waals surface area contributed by atoms with Gasteiger partial charge in [-0.05, 0) is 20.8 Å². The van der Waals surface area contributed by atoms with Gasteiger partial charge in [-0.2, -0.15) is 5.10 Å². The lowest BCUT2D eigenvalue weighted by atomic mass is 10.2. The first-order chi connectivity index (χ1) is 8.92. The van der Waals surface area contributed by atoms with E-state index in [1.165, 1.54) is 4.68 Å². The number of aromatic nitrogens is 2. The Labute approximate surface area is 112 Å². The summed E-state index contributed by atoms with van der Waals surface area (Å²) in [4.78, 5) is 24.7. The van der Waals surface area contributed by atoms with Crippen molar-refractivity contribution >= 4 is 17.7 Å². The van der Waals surface area contributed by atoms with E-state index in [2.05, 4.69) is 10.4 Å². The number of carbonyl (C=O) groups is 2. The Morgan fingerprint density at radius 1 is 1.42 bits per heavy atom. The first kappa shape index (κ1) is 15.0. The van der Waals surface area contributed by atoms with Crippen LogP contribution >= 0.6 is 0 Å². The van der Waals surface area contributed by atoms with Crippen molar-refractivity contribution in [3.05, 3.63) is 11.3 Å². The molecule has 0 aliphatic heterocycles. The second-order valence-corrected chi connectivity index (χ2v) is 4.18. The van der Waals surface area contributed by atoms with E-state index in [1.807, 2.05) is 13.8 Å². The molecule has 0 unspecified atom stereocenters. The maximum atomic E-state index is 11.7. The molecule has 0 saturated carbocycles. The highest BCUT2D eigenvalue weighted by Crippen LogP contribution is 2.22. The Kier molecular flexibility index (Phi) is 4.91. The van der Waals surface area contributed by atoms with Gasteiger partial charge in [-0.25, -0.2) is 4.79 Å². The van der Waals surface area contributed by atoms with E-state index in [0.29, 0.717) is 24.6 Å². The molecule has 0 fully saturated rings. The van der Waals surface area contributed by atoms with Gasteiger partial charge in [0.2, 0.25) is 5.91 Å². The Hall–Kier alpha value is -2.05. The quantitative estimate of drug-likeness (QED) is 0.779. The van der Waals surface area contributed by atoms with Crippen molar-refractivity contribution in [3.8, 4) is 0 Å². The van der Waals surface area contributed by atoms with Gasteiger partial charge in [0, 0.05) is 20.1 Å². The molecule has 106 valence electrons. The fourth-order valence-electron chi connectivity index (χ4n) is 2.02. The van der Waals surface area contributed by atoms with Crippen LogP contribution in [0.25, 0.3) is 0 Å². The van der Waals surface area contributed by atoms with Crippen molar-refractivity contribution < 1.29 is 14.7 Å². The number of carboxylic acids is 1. The summed E-state index contributed by atoms with van der Waals surface area (Å²) < 4.78 is 1.50. The van der Waals surface area contributed by atoms with Crippen LogP contribution in [-0.4, -0.2) is 46.4 Å². The van der Waals surface area contributed by atoms with Crippen molar-refractivity contribution in [2.45, 2.75) is 20.8 Å². The van der Waals surface area contributed by atoms with Gasteiger partial charge >= 0.3 is 5.97 Å². The van der Waals surface area contributed by atoms with Crippen LogP contribution in [0.5, 0.6) is 0 Å². The molecule has 2 N–H and O–H groups in total. The minimum Gasteiger partial charge on any atom is -0.477 e. The van der Waals surface area contributed by atoms with Crippen molar-refractivity contribution in [2.75, 3.05) is 24.5 Å². The molecule has 7 heteroatoms. The van der Waals surface area contributed by atoms with Gasteiger partial charge in [0.25, 0.3) is 0 Å². The zero-order valence-corrected chi connectivity index (χ0v) is 11.7. The number of carboxylic acid groups (broad SMARTS) is 1. The molecule has 1 aromatic rings. The average molecular weight is 268 g/mol. The predicted molar refractivity (Wildman–Crippen MR) is 71.5 cm³/mol. The molecule has 7 nitrogen and oxygen atoms in total. The number of nitrogens with zero attached hydrogens (tertiary/aromatic N) is 3. The molecule has 0 aliphatic carbocycles. The van der Waals surface area contributed by atoms with E-state index in [0.717, 1.165) is 0 Å². The molecular weight excluding hydrogens is 248 g/mol. The number of likely N-dealkylation sites (N-methyl/N-ethyl adjacent to an activating group) is 2. The third-order valence-corrected chi connectivity index (χ3v) is 2.80. The fraction of sp³-hybridized carbons (Fsp3) is 0.583. The molecule has 1 heterocycles. The molecule has 0 bridgehead atoms. The SMILES string of the molecule is CCNC(=O)CN(CC)c1c(C(=O)O)c(C)nn1C. The average Bonchev–Trinajstić information content (AvgIpc) is 2.61. The maximum absolute atomic E-state index is 11.7. The van der Waals surface area contributed by atoms with Gasteiger partial charge in [-0.3, -0.25) is 9.48 Å². The van der Waals surface area contributed by atoms with Crippen molar-refractivity contribution in [2.24, 2.45) is 7.05 Å². The number of amides is 1. The van der Waals surface area contributed by atoms with E-state index in [1.54, 1.807) is 18.9 Å². The van der Waals surface area contributed by atoms with E-state index in [9.17, 15) is 14.7 Å². The van der Waals surface area contributed by atoms with Crippen LogP contribution in [-0.2, 0) is 11.8 Å². The molecule has 1 amide bonds. The fourth-order valence-corrected chi connectivity index (χ4v) is 2.02. The third kappa shape index (κ3) is 3.24. The van der Waals surface area contributed by atoms with Crippen molar-refractivity contribution in [1.82, 2.24) is 15.1 Å². The van der Waals surface area contributed by atoms with Crippen LogP contribution < -0.4 is 10.2 Å². The second-order valence-electron chi connectivity index (χ2n) is 4.18. The monoisotopic (exact) mass is 268 g/mol. The summed E-state index contributed by atoms with van der Waals surface area (Å²) in [6, 6.07) is 0. The molecule has 0 spiro atoms. The smallest absolute Gasteiger partial charge is 0.341 e. The Bertz CT molecular complexity index is 482. The Balaban J connectivity index is 3.11. The molecule has 1 aromatic heterocycles. The lowest BCUT2D eigenvalue weighted by Crippen LogP contribution is -2.38. The highest BCUT2D eigenvalue weighted by molar-refractivity contribution is 5.95. The second kappa shape index (κ2) is 6.21. The van der Waals surface area contributed by atoms with Gasteiger partial charge in [0.15, 0.2) is 0 Å². The largest absolute Gasteiger partial charge is 0.477 e. The van der Waals surface area contributed by atoms with E-state index in [-0.39, 0.29) is 18.0 Å². The minimum atomic E-state index is -1.03. The summed E-state index contributed by atoms with van der Waals surface area (Å²) in [6.45, 7) is 6.54.